The molecule has 1 amide bonds. The van der Waals surface area contributed by atoms with Gasteiger partial charge in [-0.25, -0.2) is 12.7 Å². The first kappa shape index (κ1) is 14.7. The zero-order chi connectivity index (χ0) is 14.9. The van der Waals surface area contributed by atoms with E-state index in [1.165, 1.54) is 24.5 Å². The first-order valence-electron chi connectivity index (χ1n) is 6.32. The SMILES string of the molecule is C=CC(=O)N1CCc2c(cccc2S(=O)(=O)N(C)C)C1. The summed E-state index contributed by atoms with van der Waals surface area (Å²) >= 11 is 0. The summed E-state index contributed by atoms with van der Waals surface area (Å²) < 4.78 is 25.8. The van der Waals surface area contributed by atoms with E-state index in [0.29, 0.717) is 24.4 Å². The molecule has 0 radical (unpaired) electrons. The van der Waals surface area contributed by atoms with Crippen molar-refractivity contribution in [1.82, 2.24) is 9.21 Å². The van der Waals surface area contributed by atoms with Crippen molar-refractivity contribution in [2.45, 2.75) is 17.9 Å². The zero-order valence-electron chi connectivity index (χ0n) is 11.7. The standard InChI is InChI=1S/C14H18N2O3S/c1-4-14(17)16-9-8-12-11(10-16)6-5-7-13(12)20(18,19)15(2)3/h4-7H,1,8-10H2,2-3H3. The summed E-state index contributed by atoms with van der Waals surface area (Å²) in [4.78, 5) is 13.7. The van der Waals surface area contributed by atoms with Gasteiger partial charge in [-0.2, -0.15) is 0 Å². The van der Waals surface area contributed by atoms with Gasteiger partial charge in [0, 0.05) is 27.2 Å². The van der Waals surface area contributed by atoms with Gasteiger partial charge in [0.25, 0.3) is 0 Å². The summed E-state index contributed by atoms with van der Waals surface area (Å²) in [7, 11) is -0.414. The lowest BCUT2D eigenvalue weighted by Gasteiger charge is -2.29. The molecule has 0 fully saturated rings. The van der Waals surface area contributed by atoms with Crippen molar-refractivity contribution in [3.05, 3.63) is 42.0 Å². The number of carbonyl (C=O) groups excluding carboxylic acids is 1. The third kappa shape index (κ3) is 2.48. The van der Waals surface area contributed by atoms with Crippen LogP contribution in [0.2, 0.25) is 0 Å². The third-order valence-corrected chi connectivity index (χ3v) is 5.37. The van der Waals surface area contributed by atoms with E-state index in [2.05, 4.69) is 6.58 Å². The normalized spacial score (nSPS) is 15.1. The Morgan fingerprint density at radius 3 is 2.70 bits per heavy atom. The molecular weight excluding hydrogens is 276 g/mol. The van der Waals surface area contributed by atoms with Gasteiger partial charge in [0.2, 0.25) is 15.9 Å². The summed E-state index contributed by atoms with van der Waals surface area (Å²) in [5, 5.41) is 0. The molecule has 6 heteroatoms. The van der Waals surface area contributed by atoms with E-state index in [1.54, 1.807) is 17.0 Å². The molecule has 0 spiro atoms. The number of rotatable bonds is 3. The van der Waals surface area contributed by atoms with E-state index in [0.717, 1.165) is 11.1 Å². The molecule has 1 heterocycles. The number of nitrogens with zero attached hydrogens (tertiary/aromatic N) is 2. The van der Waals surface area contributed by atoms with Gasteiger partial charge in [0.1, 0.15) is 0 Å². The smallest absolute Gasteiger partial charge is 0.246 e. The van der Waals surface area contributed by atoms with Crippen LogP contribution in [0.4, 0.5) is 0 Å². The summed E-state index contributed by atoms with van der Waals surface area (Å²) in [6.07, 6.45) is 1.82. The summed E-state index contributed by atoms with van der Waals surface area (Å²) in [6.45, 7) is 4.42. The highest BCUT2D eigenvalue weighted by Crippen LogP contribution is 2.27. The van der Waals surface area contributed by atoms with Gasteiger partial charge in [0.05, 0.1) is 4.90 Å². The van der Waals surface area contributed by atoms with Crippen molar-refractivity contribution in [2.24, 2.45) is 0 Å². The maximum absolute atomic E-state index is 12.3. The van der Waals surface area contributed by atoms with Crippen LogP contribution < -0.4 is 0 Å². The fraction of sp³-hybridized carbons (Fsp3) is 0.357. The van der Waals surface area contributed by atoms with Crippen LogP contribution in [0, 0.1) is 0 Å². The lowest BCUT2D eigenvalue weighted by atomic mass is 10.00. The minimum absolute atomic E-state index is 0.128. The summed E-state index contributed by atoms with van der Waals surface area (Å²) in [6, 6.07) is 5.21. The molecule has 0 unspecified atom stereocenters. The average Bonchev–Trinajstić information content (AvgIpc) is 2.44. The van der Waals surface area contributed by atoms with Crippen molar-refractivity contribution in [3.8, 4) is 0 Å². The van der Waals surface area contributed by atoms with Crippen molar-refractivity contribution < 1.29 is 13.2 Å². The second-order valence-corrected chi connectivity index (χ2v) is 7.02. The predicted octanol–water partition coefficient (Wildman–Crippen LogP) is 1.01. The van der Waals surface area contributed by atoms with Crippen LogP contribution in [0.25, 0.3) is 0 Å². The number of amides is 1. The molecule has 0 aromatic heterocycles. The zero-order valence-corrected chi connectivity index (χ0v) is 12.5. The van der Waals surface area contributed by atoms with Gasteiger partial charge in [-0.3, -0.25) is 4.79 Å². The molecule has 108 valence electrons. The number of hydrogen-bond acceptors (Lipinski definition) is 3. The summed E-state index contributed by atoms with van der Waals surface area (Å²) in [5.41, 5.74) is 1.70. The molecule has 0 saturated heterocycles. The lowest BCUT2D eigenvalue weighted by molar-refractivity contribution is -0.126. The van der Waals surface area contributed by atoms with Crippen LogP contribution in [0.1, 0.15) is 11.1 Å². The van der Waals surface area contributed by atoms with Crippen LogP contribution in [-0.2, 0) is 27.8 Å². The van der Waals surface area contributed by atoms with Crippen LogP contribution in [0.15, 0.2) is 35.7 Å². The Morgan fingerprint density at radius 1 is 1.40 bits per heavy atom. The Kier molecular flexibility index (Phi) is 3.96. The van der Waals surface area contributed by atoms with Crippen molar-refractivity contribution in [3.63, 3.8) is 0 Å². The highest BCUT2D eigenvalue weighted by Gasteiger charge is 2.27. The molecule has 0 aliphatic carbocycles. The fourth-order valence-corrected chi connectivity index (χ4v) is 3.52. The minimum atomic E-state index is -3.45. The Hall–Kier alpha value is -1.66. The highest BCUT2D eigenvalue weighted by molar-refractivity contribution is 7.89. The molecule has 0 atom stereocenters. The van der Waals surface area contributed by atoms with E-state index < -0.39 is 10.0 Å². The highest BCUT2D eigenvalue weighted by atomic mass is 32.2. The fourth-order valence-electron chi connectivity index (χ4n) is 2.33. The number of hydrogen-bond donors (Lipinski definition) is 0. The first-order valence-corrected chi connectivity index (χ1v) is 7.76. The van der Waals surface area contributed by atoms with Crippen LogP contribution in [0.3, 0.4) is 0 Å². The number of carbonyl (C=O) groups is 1. The quantitative estimate of drug-likeness (QED) is 0.782. The van der Waals surface area contributed by atoms with Crippen molar-refractivity contribution in [1.29, 1.82) is 0 Å². The molecule has 1 aliphatic rings. The van der Waals surface area contributed by atoms with Gasteiger partial charge in [-0.1, -0.05) is 18.7 Å². The first-order chi connectivity index (χ1) is 9.37. The number of benzene rings is 1. The van der Waals surface area contributed by atoms with E-state index >= 15 is 0 Å². The monoisotopic (exact) mass is 294 g/mol. The molecular formula is C14H18N2O3S. The van der Waals surface area contributed by atoms with Gasteiger partial charge in [-0.15, -0.1) is 0 Å². The Bertz CT molecular complexity index is 650. The van der Waals surface area contributed by atoms with Crippen LogP contribution >= 0.6 is 0 Å². The Balaban J connectivity index is 2.44. The maximum atomic E-state index is 12.3. The van der Waals surface area contributed by atoms with E-state index in [9.17, 15) is 13.2 Å². The molecule has 1 aromatic rings. The molecule has 1 aromatic carbocycles. The third-order valence-electron chi connectivity index (χ3n) is 3.47. The van der Waals surface area contributed by atoms with E-state index in [4.69, 9.17) is 0 Å². The predicted molar refractivity (Wildman–Crippen MR) is 76.6 cm³/mol. The van der Waals surface area contributed by atoms with Crippen LogP contribution in [-0.4, -0.2) is 44.2 Å². The van der Waals surface area contributed by atoms with Gasteiger partial charge in [-0.05, 0) is 29.7 Å². The van der Waals surface area contributed by atoms with Crippen LogP contribution in [0.5, 0.6) is 0 Å². The van der Waals surface area contributed by atoms with Crippen molar-refractivity contribution in [2.75, 3.05) is 20.6 Å². The molecule has 2 rings (SSSR count). The molecule has 20 heavy (non-hydrogen) atoms. The van der Waals surface area contributed by atoms with E-state index in [1.807, 2.05) is 6.07 Å². The lowest BCUT2D eigenvalue weighted by Crippen LogP contribution is -2.36. The van der Waals surface area contributed by atoms with E-state index in [-0.39, 0.29) is 5.91 Å². The minimum Gasteiger partial charge on any atom is -0.335 e. The maximum Gasteiger partial charge on any atom is 0.246 e. The molecule has 1 aliphatic heterocycles. The Labute approximate surface area is 119 Å². The van der Waals surface area contributed by atoms with Crippen molar-refractivity contribution >= 4 is 15.9 Å². The second kappa shape index (κ2) is 5.38. The Morgan fingerprint density at radius 2 is 2.10 bits per heavy atom. The topological polar surface area (TPSA) is 57.7 Å². The molecule has 0 N–H and O–H groups in total. The summed E-state index contributed by atoms with van der Waals surface area (Å²) in [5.74, 6) is -0.128. The number of fused-ring (bicyclic) bond motifs is 1. The average molecular weight is 294 g/mol. The largest absolute Gasteiger partial charge is 0.335 e. The second-order valence-electron chi connectivity index (χ2n) is 4.90. The van der Waals surface area contributed by atoms with Gasteiger partial charge in [0.15, 0.2) is 0 Å². The van der Waals surface area contributed by atoms with Gasteiger partial charge >= 0.3 is 0 Å². The molecule has 0 saturated carbocycles. The number of sulfonamides is 1. The molecule has 5 nitrogen and oxygen atoms in total. The molecule has 0 bridgehead atoms. The van der Waals surface area contributed by atoms with Gasteiger partial charge < -0.3 is 4.90 Å².